The smallest absolute Gasteiger partial charge is 0.419 e. The number of anilines is 1. The van der Waals surface area contributed by atoms with E-state index in [4.69, 9.17) is 5.73 Å². The zero-order valence-corrected chi connectivity index (χ0v) is 9.32. The first kappa shape index (κ1) is 15.1. The van der Waals surface area contributed by atoms with Gasteiger partial charge in [0.1, 0.15) is 0 Å². The molecule has 0 aliphatic heterocycles. The lowest BCUT2D eigenvalue weighted by Crippen LogP contribution is -2.21. The minimum absolute atomic E-state index is 0.144. The number of nitrogens with two attached hydrogens (primary N) is 1. The van der Waals surface area contributed by atoms with Crippen LogP contribution in [0, 0.1) is 0 Å². The number of methoxy groups -OCH3 is 1. The first-order chi connectivity index (χ1) is 8.50. The zero-order chi connectivity index (χ0) is 15.0. The summed E-state index contributed by atoms with van der Waals surface area (Å²) in [6, 6.07) is 0.685. The number of ether oxygens (including phenoxy) is 1. The molecule has 2 N–H and O–H groups in total. The Morgan fingerprint density at radius 1 is 1.11 bits per heavy atom. The molecule has 0 aliphatic carbocycles. The van der Waals surface area contributed by atoms with Gasteiger partial charge in [-0.2, -0.15) is 26.3 Å². The van der Waals surface area contributed by atoms with Gasteiger partial charge in [0.05, 0.1) is 29.5 Å². The first-order valence-corrected chi connectivity index (χ1v) is 4.65. The van der Waals surface area contributed by atoms with Crippen molar-refractivity contribution in [2.24, 2.45) is 0 Å². The highest BCUT2D eigenvalue weighted by atomic mass is 19.4. The molecule has 1 aromatic carbocycles. The second-order valence-corrected chi connectivity index (χ2v) is 3.44. The molecule has 0 amide bonds. The molecule has 0 heterocycles. The number of rotatable bonds is 1. The van der Waals surface area contributed by atoms with E-state index in [0.717, 1.165) is 7.11 Å². The lowest BCUT2D eigenvalue weighted by atomic mass is 10.00. The van der Waals surface area contributed by atoms with Crippen molar-refractivity contribution in [2.45, 2.75) is 12.4 Å². The van der Waals surface area contributed by atoms with Gasteiger partial charge in [0.25, 0.3) is 0 Å². The highest BCUT2D eigenvalue weighted by Crippen LogP contribution is 2.44. The first-order valence-electron chi connectivity index (χ1n) is 4.65. The second-order valence-electron chi connectivity index (χ2n) is 3.44. The van der Waals surface area contributed by atoms with Gasteiger partial charge in [0.2, 0.25) is 0 Å². The number of hydrogen-bond acceptors (Lipinski definition) is 3. The van der Waals surface area contributed by atoms with Crippen molar-refractivity contribution in [3.63, 3.8) is 0 Å². The van der Waals surface area contributed by atoms with Gasteiger partial charge in [-0.25, -0.2) is 4.79 Å². The van der Waals surface area contributed by atoms with E-state index in [0.29, 0.717) is 6.07 Å². The highest BCUT2D eigenvalue weighted by Gasteiger charge is 2.45. The van der Waals surface area contributed by atoms with Crippen LogP contribution in [0.25, 0.3) is 0 Å². The van der Waals surface area contributed by atoms with Crippen molar-refractivity contribution in [1.82, 2.24) is 0 Å². The molecule has 0 spiro atoms. The topological polar surface area (TPSA) is 52.3 Å². The minimum atomic E-state index is -5.35. The molecule has 0 aliphatic rings. The van der Waals surface area contributed by atoms with E-state index in [1.807, 2.05) is 0 Å². The Hall–Kier alpha value is -1.93. The fourth-order valence-corrected chi connectivity index (χ4v) is 1.45. The van der Waals surface area contributed by atoms with Gasteiger partial charge in [-0.15, -0.1) is 0 Å². The molecule has 0 aromatic heterocycles. The number of hydrogen-bond donors (Lipinski definition) is 1. The average molecular weight is 287 g/mol. The van der Waals surface area contributed by atoms with Crippen LogP contribution in [0.3, 0.4) is 0 Å². The van der Waals surface area contributed by atoms with E-state index < -0.39 is 40.7 Å². The minimum Gasteiger partial charge on any atom is -0.465 e. The molecule has 3 nitrogen and oxygen atoms in total. The largest absolute Gasteiger partial charge is 0.465 e. The predicted molar refractivity (Wildman–Crippen MR) is 52.2 cm³/mol. The molecule has 0 fully saturated rings. The van der Waals surface area contributed by atoms with Crippen molar-refractivity contribution >= 4 is 11.7 Å². The molecule has 0 radical (unpaired) electrons. The fourth-order valence-electron chi connectivity index (χ4n) is 1.45. The molecular formula is C10H7F6NO2. The maximum atomic E-state index is 12.7. The van der Waals surface area contributed by atoms with E-state index >= 15 is 0 Å². The molecule has 0 bridgehead atoms. The van der Waals surface area contributed by atoms with Crippen LogP contribution in [-0.2, 0) is 17.1 Å². The van der Waals surface area contributed by atoms with E-state index in [1.54, 1.807) is 0 Å². The molecule has 9 heteroatoms. The summed E-state index contributed by atoms with van der Waals surface area (Å²) in [6.07, 6.45) is -10.6. The number of carbonyl (C=O) groups excluding carboxylic acids is 1. The van der Waals surface area contributed by atoms with Crippen LogP contribution in [0.2, 0.25) is 0 Å². The molecule has 1 rings (SSSR count). The third-order valence-corrected chi connectivity index (χ3v) is 2.24. The number of halogens is 6. The normalized spacial score (nSPS) is 12.4. The van der Waals surface area contributed by atoms with Crippen molar-refractivity contribution in [3.8, 4) is 0 Å². The van der Waals surface area contributed by atoms with Crippen molar-refractivity contribution in [2.75, 3.05) is 12.8 Å². The van der Waals surface area contributed by atoms with Crippen LogP contribution in [0.5, 0.6) is 0 Å². The van der Waals surface area contributed by atoms with E-state index in [2.05, 4.69) is 4.74 Å². The summed E-state index contributed by atoms with van der Waals surface area (Å²) in [6.45, 7) is 0. The van der Waals surface area contributed by atoms with Crippen LogP contribution >= 0.6 is 0 Å². The van der Waals surface area contributed by atoms with E-state index in [9.17, 15) is 31.1 Å². The third-order valence-electron chi connectivity index (χ3n) is 2.24. The lowest BCUT2D eigenvalue weighted by molar-refractivity contribution is -0.161. The molecule has 106 valence electrons. The summed E-state index contributed by atoms with van der Waals surface area (Å²) in [5, 5.41) is 0. The maximum absolute atomic E-state index is 12.7. The Labute approximate surface area is 102 Å². The molecule has 0 unspecified atom stereocenters. The van der Waals surface area contributed by atoms with Crippen LogP contribution in [-0.4, -0.2) is 13.1 Å². The lowest BCUT2D eigenvalue weighted by Gasteiger charge is -2.18. The van der Waals surface area contributed by atoms with Gasteiger partial charge in [0, 0.05) is 0 Å². The standard InChI is InChI=1S/C10H7F6NO2/c1-19-8(18)4-2-3-5(9(11,12)13)6(7(4)17)10(14,15)16/h2-3H,17H2,1H3. The Morgan fingerprint density at radius 2 is 1.63 bits per heavy atom. The second kappa shape index (κ2) is 4.63. The quantitative estimate of drug-likeness (QED) is 0.490. The number of benzene rings is 1. The van der Waals surface area contributed by atoms with Crippen molar-refractivity contribution in [1.29, 1.82) is 0 Å². The Morgan fingerprint density at radius 3 is 2.00 bits per heavy atom. The summed E-state index contributed by atoms with van der Waals surface area (Å²) < 4.78 is 79.6. The molecule has 1 aromatic rings. The third kappa shape index (κ3) is 2.91. The molecule has 0 atom stereocenters. The summed E-state index contributed by atoms with van der Waals surface area (Å²) in [5.74, 6) is -1.25. The summed E-state index contributed by atoms with van der Waals surface area (Å²) in [4.78, 5) is 11.1. The van der Waals surface area contributed by atoms with Crippen LogP contribution < -0.4 is 5.73 Å². The Bertz CT molecular complexity index is 506. The van der Waals surface area contributed by atoms with Gasteiger partial charge in [0.15, 0.2) is 0 Å². The maximum Gasteiger partial charge on any atom is 0.419 e. The van der Waals surface area contributed by atoms with E-state index in [-0.39, 0.29) is 6.07 Å². The van der Waals surface area contributed by atoms with Gasteiger partial charge in [-0.1, -0.05) is 0 Å². The van der Waals surface area contributed by atoms with Gasteiger partial charge < -0.3 is 10.5 Å². The number of esters is 1. The summed E-state index contributed by atoms with van der Waals surface area (Å²) >= 11 is 0. The SMILES string of the molecule is COC(=O)c1ccc(C(F)(F)F)c(C(F)(F)F)c1N. The summed E-state index contributed by atoms with van der Waals surface area (Å²) in [7, 11) is 0.868. The van der Waals surface area contributed by atoms with Gasteiger partial charge >= 0.3 is 18.3 Å². The average Bonchev–Trinajstić information content (AvgIpc) is 2.24. The van der Waals surface area contributed by atoms with Crippen LogP contribution in [0.15, 0.2) is 12.1 Å². The number of nitrogen functional groups attached to an aromatic ring is 1. The van der Waals surface area contributed by atoms with E-state index in [1.165, 1.54) is 0 Å². The molecule has 0 saturated carbocycles. The molecule has 19 heavy (non-hydrogen) atoms. The molecule has 0 saturated heterocycles. The molecular weight excluding hydrogens is 280 g/mol. The van der Waals surface area contributed by atoms with Crippen LogP contribution in [0.4, 0.5) is 32.0 Å². The highest BCUT2D eigenvalue weighted by molar-refractivity contribution is 5.96. The predicted octanol–water partition coefficient (Wildman–Crippen LogP) is 3.09. The summed E-state index contributed by atoms with van der Waals surface area (Å²) in [5.41, 5.74) is -1.11. The van der Waals surface area contributed by atoms with Crippen molar-refractivity contribution in [3.05, 3.63) is 28.8 Å². The zero-order valence-electron chi connectivity index (χ0n) is 9.32. The fraction of sp³-hybridized carbons (Fsp3) is 0.300. The van der Waals surface area contributed by atoms with Crippen LogP contribution in [0.1, 0.15) is 21.5 Å². The Kier molecular flexibility index (Phi) is 3.69. The number of carbonyl (C=O) groups is 1. The monoisotopic (exact) mass is 287 g/mol. The number of alkyl halides is 6. The van der Waals surface area contributed by atoms with Crippen molar-refractivity contribution < 1.29 is 35.9 Å². The Balaban J connectivity index is 3.65. The van der Waals surface area contributed by atoms with Gasteiger partial charge in [-0.05, 0) is 12.1 Å². The van der Waals surface area contributed by atoms with Gasteiger partial charge in [-0.3, -0.25) is 0 Å².